The van der Waals surface area contributed by atoms with Crippen molar-refractivity contribution >= 4 is 15.9 Å². The Morgan fingerprint density at radius 3 is 2.78 bits per heavy atom. The average Bonchev–Trinajstić information content (AvgIpc) is 2.37. The van der Waals surface area contributed by atoms with Crippen molar-refractivity contribution in [1.29, 1.82) is 0 Å². The van der Waals surface area contributed by atoms with E-state index in [1.165, 1.54) is 12.0 Å². The molecule has 0 fully saturated rings. The summed E-state index contributed by atoms with van der Waals surface area (Å²) in [6.45, 7) is 6.41. The molecular weight excluding hydrogens is 290 g/mol. The van der Waals surface area contributed by atoms with E-state index < -0.39 is 0 Å². The number of benzene rings is 1. The summed E-state index contributed by atoms with van der Waals surface area (Å²) in [6.07, 6.45) is 2.51. The van der Waals surface area contributed by atoms with Crippen LogP contribution in [0.5, 0.6) is 0 Å². The van der Waals surface area contributed by atoms with E-state index in [2.05, 4.69) is 59.4 Å². The van der Waals surface area contributed by atoms with E-state index in [0.29, 0.717) is 5.92 Å². The molecule has 0 saturated heterocycles. The topological polar surface area (TPSA) is 21.3 Å². The molecule has 1 rings (SSSR count). The van der Waals surface area contributed by atoms with Crippen LogP contribution < -0.4 is 5.32 Å². The van der Waals surface area contributed by atoms with Crippen molar-refractivity contribution in [3.63, 3.8) is 0 Å². The van der Waals surface area contributed by atoms with Crippen molar-refractivity contribution in [1.82, 2.24) is 5.32 Å². The standard InChI is InChI=1S/C15H24BrNO/c1-4-8-17-11-14(9-12(2)18-3)13-6-5-7-15(16)10-13/h5-7,10,12,14,17H,4,8-9,11H2,1-3H3. The zero-order chi connectivity index (χ0) is 13.4. The monoisotopic (exact) mass is 313 g/mol. The fourth-order valence-corrected chi connectivity index (χ4v) is 2.46. The quantitative estimate of drug-likeness (QED) is 0.734. The Kier molecular flexibility index (Phi) is 7.56. The van der Waals surface area contributed by atoms with Gasteiger partial charge in [0.25, 0.3) is 0 Å². The zero-order valence-corrected chi connectivity index (χ0v) is 13.2. The third-order valence-electron chi connectivity index (χ3n) is 3.16. The van der Waals surface area contributed by atoms with Gasteiger partial charge in [-0.25, -0.2) is 0 Å². The second-order valence-electron chi connectivity index (χ2n) is 4.74. The highest BCUT2D eigenvalue weighted by Crippen LogP contribution is 2.24. The van der Waals surface area contributed by atoms with Crippen LogP contribution in [0, 0.1) is 0 Å². The molecule has 0 heterocycles. The molecule has 2 unspecified atom stereocenters. The number of nitrogens with one attached hydrogen (secondary N) is 1. The summed E-state index contributed by atoms with van der Waals surface area (Å²) in [5.74, 6) is 0.504. The summed E-state index contributed by atoms with van der Waals surface area (Å²) in [5.41, 5.74) is 1.37. The molecule has 2 nitrogen and oxygen atoms in total. The van der Waals surface area contributed by atoms with Crippen LogP contribution in [0.4, 0.5) is 0 Å². The number of hydrogen-bond acceptors (Lipinski definition) is 2. The Bertz CT molecular complexity index is 343. The molecule has 18 heavy (non-hydrogen) atoms. The van der Waals surface area contributed by atoms with Gasteiger partial charge in [-0.1, -0.05) is 35.0 Å². The lowest BCUT2D eigenvalue weighted by atomic mass is 9.93. The Balaban J connectivity index is 2.69. The van der Waals surface area contributed by atoms with E-state index in [1.54, 1.807) is 7.11 Å². The maximum absolute atomic E-state index is 5.40. The first-order valence-electron chi connectivity index (χ1n) is 6.66. The summed E-state index contributed by atoms with van der Waals surface area (Å²) in [6, 6.07) is 8.58. The van der Waals surface area contributed by atoms with Crippen molar-refractivity contribution in [2.24, 2.45) is 0 Å². The van der Waals surface area contributed by atoms with Crippen LogP contribution in [0.25, 0.3) is 0 Å². The van der Waals surface area contributed by atoms with Crippen LogP contribution in [0.15, 0.2) is 28.7 Å². The Hall–Kier alpha value is -0.380. The fourth-order valence-electron chi connectivity index (χ4n) is 2.05. The van der Waals surface area contributed by atoms with E-state index in [1.807, 2.05) is 0 Å². The second kappa shape index (κ2) is 8.68. The molecule has 1 aromatic rings. The lowest BCUT2D eigenvalue weighted by molar-refractivity contribution is 0.104. The lowest BCUT2D eigenvalue weighted by Crippen LogP contribution is -2.25. The minimum absolute atomic E-state index is 0.289. The maximum atomic E-state index is 5.40. The second-order valence-corrected chi connectivity index (χ2v) is 5.65. The van der Waals surface area contributed by atoms with Gasteiger partial charge in [-0.2, -0.15) is 0 Å². The SMILES string of the molecule is CCCNCC(CC(C)OC)c1cccc(Br)c1. The van der Waals surface area contributed by atoms with Crippen LogP contribution in [0.2, 0.25) is 0 Å². The van der Waals surface area contributed by atoms with Crippen molar-refractivity contribution in [3.05, 3.63) is 34.3 Å². The van der Waals surface area contributed by atoms with Crippen LogP contribution >= 0.6 is 15.9 Å². The predicted octanol–water partition coefficient (Wildman–Crippen LogP) is 3.96. The smallest absolute Gasteiger partial charge is 0.0549 e. The minimum Gasteiger partial charge on any atom is -0.382 e. The van der Waals surface area contributed by atoms with Crippen molar-refractivity contribution in [3.8, 4) is 0 Å². The van der Waals surface area contributed by atoms with Crippen LogP contribution in [0.1, 0.15) is 38.2 Å². The van der Waals surface area contributed by atoms with Gasteiger partial charge in [-0.15, -0.1) is 0 Å². The lowest BCUT2D eigenvalue weighted by Gasteiger charge is -2.21. The van der Waals surface area contributed by atoms with E-state index in [0.717, 1.165) is 24.0 Å². The molecule has 0 radical (unpaired) electrons. The molecular formula is C15H24BrNO. The molecule has 0 bridgehead atoms. The van der Waals surface area contributed by atoms with Gasteiger partial charge in [0.15, 0.2) is 0 Å². The van der Waals surface area contributed by atoms with Crippen LogP contribution in [-0.4, -0.2) is 26.3 Å². The average molecular weight is 314 g/mol. The van der Waals surface area contributed by atoms with Crippen molar-refractivity contribution in [2.75, 3.05) is 20.2 Å². The summed E-state index contributed by atoms with van der Waals surface area (Å²) >= 11 is 3.54. The number of hydrogen-bond donors (Lipinski definition) is 1. The highest BCUT2D eigenvalue weighted by molar-refractivity contribution is 9.10. The molecule has 0 spiro atoms. The summed E-state index contributed by atoms with van der Waals surface area (Å²) in [5, 5.41) is 3.51. The van der Waals surface area contributed by atoms with E-state index in [4.69, 9.17) is 4.74 Å². The highest BCUT2D eigenvalue weighted by atomic mass is 79.9. The first-order chi connectivity index (χ1) is 8.67. The van der Waals surface area contributed by atoms with E-state index >= 15 is 0 Å². The molecule has 0 amide bonds. The maximum Gasteiger partial charge on any atom is 0.0549 e. The summed E-state index contributed by atoms with van der Waals surface area (Å²) < 4.78 is 6.54. The number of halogens is 1. The van der Waals surface area contributed by atoms with Crippen molar-refractivity contribution < 1.29 is 4.74 Å². The van der Waals surface area contributed by atoms with Gasteiger partial charge >= 0.3 is 0 Å². The summed E-state index contributed by atoms with van der Waals surface area (Å²) in [7, 11) is 1.78. The first-order valence-corrected chi connectivity index (χ1v) is 7.45. The Morgan fingerprint density at radius 2 is 2.17 bits per heavy atom. The highest BCUT2D eigenvalue weighted by Gasteiger charge is 2.15. The molecule has 3 heteroatoms. The first kappa shape index (κ1) is 15.7. The van der Waals surface area contributed by atoms with Gasteiger partial charge in [0.05, 0.1) is 6.10 Å². The normalized spacial score (nSPS) is 14.4. The number of ether oxygens (including phenoxy) is 1. The molecule has 2 atom stereocenters. The van der Waals surface area contributed by atoms with Crippen LogP contribution in [0.3, 0.4) is 0 Å². The molecule has 0 aliphatic carbocycles. The van der Waals surface area contributed by atoms with Gasteiger partial charge in [0, 0.05) is 18.1 Å². The van der Waals surface area contributed by atoms with E-state index in [9.17, 15) is 0 Å². The molecule has 102 valence electrons. The molecule has 0 aliphatic rings. The third kappa shape index (κ3) is 5.51. The van der Waals surface area contributed by atoms with Gasteiger partial charge in [0.2, 0.25) is 0 Å². The molecule has 0 aromatic heterocycles. The fraction of sp³-hybridized carbons (Fsp3) is 0.600. The molecule has 0 aliphatic heterocycles. The van der Waals surface area contributed by atoms with E-state index in [-0.39, 0.29) is 6.10 Å². The largest absolute Gasteiger partial charge is 0.382 e. The zero-order valence-electron chi connectivity index (χ0n) is 11.6. The van der Waals surface area contributed by atoms with Crippen LogP contribution in [-0.2, 0) is 4.74 Å². The Labute approximate surface area is 119 Å². The minimum atomic E-state index is 0.289. The third-order valence-corrected chi connectivity index (χ3v) is 3.65. The predicted molar refractivity (Wildman–Crippen MR) is 81.1 cm³/mol. The Morgan fingerprint density at radius 1 is 1.39 bits per heavy atom. The molecule has 1 N–H and O–H groups in total. The molecule has 0 saturated carbocycles. The number of rotatable bonds is 8. The van der Waals surface area contributed by atoms with Gasteiger partial charge in [-0.3, -0.25) is 0 Å². The summed E-state index contributed by atoms with van der Waals surface area (Å²) in [4.78, 5) is 0. The van der Waals surface area contributed by atoms with Gasteiger partial charge in [0.1, 0.15) is 0 Å². The number of methoxy groups -OCH3 is 1. The van der Waals surface area contributed by atoms with Crippen molar-refractivity contribution in [2.45, 2.75) is 38.7 Å². The van der Waals surface area contributed by atoms with Gasteiger partial charge < -0.3 is 10.1 Å². The molecule has 1 aromatic carbocycles. The van der Waals surface area contributed by atoms with Gasteiger partial charge in [-0.05, 0) is 49.9 Å².